The Morgan fingerprint density at radius 1 is 1.24 bits per heavy atom. The highest BCUT2D eigenvalue weighted by Crippen LogP contribution is 2.24. The Hall–Kier alpha value is -0.610. The monoisotopic (exact) mass is 276 g/mol. The Kier molecular flexibility index (Phi) is 5.92. The van der Waals surface area contributed by atoms with E-state index in [1.807, 2.05) is 0 Å². The van der Waals surface area contributed by atoms with E-state index in [4.69, 9.17) is 23.2 Å². The second-order valence-electron chi connectivity index (χ2n) is 4.00. The van der Waals surface area contributed by atoms with Crippen LogP contribution in [0.2, 0.25) is 10.4 Å². The fourth-order valence-corrected chi connectivity index (χ4v) is 1.86. The fourth-order valence-electron chi connectivity index (χ4n) is 1.55. The molecule has 1 unspecified atom stereocenters. The van der Waals surface area contributed by atoms with Crippen molar-refractivity contribution in [2.75, 3.05) is 11.4 Å². The van der Waals surface area contributed by atoms with Gasteiger partial charge in [-0.3, -0.25) is 0 Å². The summed E-state index contributed by atoms with van der Waals surface area (Å²) in [6.45, 7) is 7.33. The Labute approximate surface area is 112 Å². The minimum Gasteiger partial charge on any atom is -0.351 e. The SMILES string of the molecule is CCCCN(c1nc(Cl)nnc1Cl)C(C)CC. The summed E-state index contributed by atoms with van der Waals surface area (Å²) in [5, 5.41) is 7.88. The zero-order chi connectivity index (χ0) is 12.8. The van der Waals surface area contributed by atoms with E-state index in [1.165, 1.54) is 0 Å². The first-order valence-electron chi connectivity index (χ1n) is 5.92. The van der Waals surface area contributed by atoms with E-state index in [0.29, 0.717) is 17.0 Å². The number of halogens is 2. The van der Waals surface area contributed by atoms with Crippen LogP contribution < -0.4 is 4.90 Å². The van der Waals surface area contributed by atoms with Gasteiger partial charge in [-0.05, 0) is 31.4 Å². The third kappa shape index (κ3) is 3.96. The summed E-state index contributed by atoms with van der Waals surface area (Å²) in [6.07, 6.45) is 3.22. The standard InChI is InChI=1S/C11H18Cl2N4/c1-4-6-7-17(8(3)5-2)10-9(12)15-16-11(13)14-10/h8H,4-7H2,1-3H3. The van der Waals surface area contributed by atoms with Crippen molar-refractivity contribution in [3.05, 3.63) is 10.4 Å². The van der Waals surface area contributed by atoms with Gasteiger partial charge in [-0.25, -0.2) is 0 Å². The highest BCUT2D eigenvalue weighted by Gasteiger charge is 2.18. The molecule has 1 atom stereocenters. The lowest BCUT2D eigenvalue weighted by Crippen LogP contribution is -2.34. The first-order chi connectivity index (χ1) is 8.10. The molecule has 0 spiro atoms. The Bertz CT molecular complexity index is 359. The van der Waals surface area contributed by atoms with Gasteiger partial charge in [-0.1, -0.05) is 31.9 Å². The summed E-state index contributed by atoms with van der Waals surface area (Å²) in [5.74, 6) is 0.634. The molecule has 0 aliphatic carbocycles. The second-order valence-corrected chi connectivity index (χ2v) is 4.70. The van der Waals surface area contributed by atoms with Gasteiger partial charge in [0, 0.05) is 12.6 Å². The van der Waals surface area contributed by atoms with Gasteiger partial charge in [-0.2, -0.15) is 4.98 Å². The normalized spacial score (nSPS) is 12.5. The highest BCUT2D eigenvalue weighted by atomic mass is 35.5. The quantitative estimate of drug-likeness (QED) is 0.797. The van der Waals surface area contributed by atoms with Gasteiger partial charge in [0.15, 0.2) is 11.0 Å². The van der Waals surface area contributed by atoms with Crippen molar-refractivity contribution in [3.63, 3.8) is 0 Å². The van der Waals surface area contributed by atoms with E-state index < -0.39 is 0 Å². The number of nitrogens with zero attached hydrogens (tertiary/aromatic N) is 4. The van der Waals surface area contributed by atoms with E-state index in [2.05, 4.69) is 40.9 Å². The maximum Gasteiger partial charge on any atom is 0.245 e. The Morgan fingerprint density at radius 3 is 2.53 bits per heavy atom. The number of anilines is 1. The maximum absolute atomic E-state index is 6.03. The van der Waals surface area contributed by atoms with Gasteiger partial charge >= 0.3 is 0 Å². The smallest absolute Gasteiger partial charge is 0.245 e. The van der Waals surface area contributed by atoms with Crippen LogP contribution in [0, 0.1) is 0 Å². The molecule has 0 saturated heterocycles. The third-order valence-electron chi connectivity index (χ3n) is 2.75. The molecule has 0 radical (unpaired) electrons. The Balaban J connectivity index is 2.98. The van der Waals surface area contributed by atoms with Crippen LogP contribution in [-0.4, -0.2) is 27.8 Å². The van der Waals surface area contributed by atoms with E-state index >= 15 is 0 Å². The van der Waals surface area contributed by atoms with E-state index in [-0.39, 0.29) is 5.28 Å². The van der Waals surface area contributed by atoms with Crippen molar-refractivity contribution in [1.29, 1.82) is 0 Å². The number of unbranched alkanes of at least 4 members (excludes halogenated alkanes) is 1. The van der Waals surface area contributed by atoms with Gasteiger partial charge in [0.2, 0.25) is 5.28 Å². The number of hydrogen-bond acceptors (Lipinski definition) is 4. The average molecular weight is 277 g/mol. The molecule has 0 N–H and O–H groups in total. The van der Waals surface area contributed by atoms with Crippen LogP contribution in [0.5, 0.6) is 0 Å². The van der Waals surface area contributed by atoms with Crippen LogP contribution in [0.4, 0.5) is 5.82 Å². The van der Waals surface area contributed by atoms with Crippen LogP contribution in [0.3, 0.4) is 0 Å². The summed E-state index contributed by atoms with van der Waals surface area (Å²) in [5.41, 5.74) is 0. The van der Waals surface area contributed by atoms with Gasteiger partial charge in [0.1, 0.15) is 0 Å². The predicted molar refractivity (Wildman–Crippen MR) is 71.9 cm³/mol. The molecule has 0 bridgehead atoms. The molecule has 1 heterocycles. The lowest BCUT2D eigenvalue weighted by molar-refractivity contribution is 0.587. The lowest BCUT2D eigenvalue weighted by atomic mass is 10.2. The number of aromatic nitrogens is 3. The van der Waals surface area contributed by atoms with Crippen molar-refractivity contribution < 1.29 is 0 Å². The summed E-state index contributed by atoms with van der Waals surface area (Å²) >= 11 is 11.8. The van der Waals surface area contributed by atoms with Crippen LogP contribution in [0.25, 0.3) is 0 Å². The zero-order valence-electron chi connectivity index (χ0n) is 10.5. The molecule has 0 aliphatic rings. The first kappa shape index (κ1) is 14.5. The largest absolute Gasteiger partial charge is 0.351 e. The van der Waals surface area contributed by atoms with Gasteiger partial charge in [0.25, 0.3) is 0 Å². The average Bonchev–Trinajstić information content (AvgIpc) is 2.33. The molecule has 1 aromatic rings. The molecule has 1 rings (SSSR count). The lowest BCUT2D eigenvalue weighted by Gasteiger charge is -2.29. The summed E-state index contributed by atoms with van der Waals surface area (Å²) < 4.78 is 0. The minimum atomic E-state index is 0.134. The molecule has 0 fully saturated rings. The van der Waals surface area contributed by atoms with Gasteiger partial charge in [-0.15, -0.1) is 10.2 Å². The van der Waals surface area contributed by atoms with Crippen molar-refractivity contribution >= 4 is 29.0 Å². The topological polar surface area (TPSA) is 41.9 Å². The van der Waals surface area contributed by atoms with Gasteiger partial charge in [0.05, 0.1) is 0 Å². The molecule has 17 heavy (non-hydrogen) atoms. The van der Waals surface area contributed by atoms with Crippen molar-refractivity contribution in [1.82, 2.24) is 15.2 Å². The molecule has 4 nitrogen and oxygen atoms in total. The minimum absolute atomic E-state index is 0.134. The first-order valence-corrected chi connectivity index (χ1v) is 6.68. The molecule has 0 aliphatic heterocycles. The zero-order valence-corrected chi connectivity index (χ0v) is 12.0. The fraction of sp³-hybridized carbons (Fsp3) is 0.727. The van der Waals surface area contributed by atoms with E-state index in [1.54, 1.807) is 0 Å². The van der Waals surface area contributed by atoms with Crippen LogP contribution >= 0.6 is 23.2 Å². The summed E-state index contributed by atoms with van der Waals surface area (Å²) in [6, 6.07) is 0.354. The molecule has 0 aromatic carbocycles. The van der Waals surface area contributed by atoms with Crippen molar-refractivity contribution in [2.45, 2.75) is 46.1 Å². The van der Waals surface area contributed by atoms with Crippen LogP contribution in [0.15, 0.2) is 0 Å². The van der Waals surface area contributed by atoms with E-state index in [9.17, 15) is 0 Å². The molecule has 1 aromatic heterocycles. The van der Waals surface area contributed by atoms with Crippen molar-refractivity contribution in [3.8, 4) is 0 Å². The molecular formula is C11H18Cl2N4. The molecule has 6 heteroatoms. The molecule has 96 valence electrons. The van der Waals surface area contributed by atoms with E-state index in [0.717, 1.165) is 25.8 Å². The summed E-state index contributed by atoms with van der Waals surface area (Å²) in [7, 11) is 0. The highest BCUT2D eigenvalue weighted by molar-refractivity contribution is 6.32. The summed E-state index contributed by atoms with van der Waals surface area (Å²) in [4.78, 5) is 6.33. The van der Waals surface area contributed by atoms with Gasteiger partial charge < -0.3 is 4.90 Å². The van der Waals surface area contributed by atoms with Crippen LogP contribution in [-0.2, 0) is 0 Å². The third-order valence-corrected chi connectivity index (χ3v) is 3.16. The molecular weight excluding hydrogens is 259 g/mol. The Morgan fingerprint density at radius 2 is 1.94 bits per heavy atom. The molecule has 0 saturated carbocycles. The number of hydrogen-bond donors (Lipinski definition) is 0. The van der Waals surface area contributed by atoms with Crippen LogP contribution in [0.1, 0.15) is 40.0 Å². The maximum atomic E-state index is 6.03. The number of rotatable bonds is 6. The molecule has 0 amide bonds. The second kappa shape index (κ2) is 6.97. The predicted octanol–water partition coefficient (Wildman–Crippen LogP) is 3.58. The van der Waals surface area contributed by atoms with Crippen molar-refractivity contribution in [2.24, 2.45) is 0 Å².